The lowest BCUT2D eigenvalue weighted by Crippen LogP contribution is -2.15. The Labute approximate surface area is 91.9 Å². The molecule has 9 heteroatoms. The van der Waals surface area contributed by atoms with Crippen LogP contribution in [-0.2, 0) is 9.59 Å². The molecule has 98 valence electrons. The van der Waals surface area contributed by atoms with E-state index in [1.54, 1.807) is 0 Å². The van der Waals surface area contributed by atoms with E-state index in [2.05, 4.69) is 11.5 Å². The number of carbonyl (C=O) groups is 2. The molecule has 0 fully saturated rings. The van der Waals surface area contributed by atoms with Crippen LogP contribution in [0.25, 0.3) is 0 Å². The number of carboxylic acid groups (broad SMARTS) is 2. The number of carboxylic acids is 2. The van der Waals surface area contributed by atoms with Gasteiger partial charge >= 0.3 is 11.9 Å². The molecule has 9 N–H and O–H groups in total. The fourth-order valence-corrected chi connectivity index (χ4v) is 0.0577. The van der Waals surface area contributed by atoms with Gasteiger partial charge in [-0.05, 0) is 0 Å². The lowest BCUT2D eigenvalue weighted by atomic mass is 10.4. The average molecular weight is 242 g/mol. The monoisotopic (exact) mass is 242 g/mol. The van der Waals surface area contributed by atoms with E-state index in [4.69, 9.17) is 25.5 Å². The van der Waals surface area contributed by atoms with E-state index >= 15 is 0 Å². The molecule has 16 heavy (non-hydrogen) atoms. The Morgan fingerprint density at radius 3 is 1.12 bits per heavy atom. The zero-order chi connectivity index (χ0) is 13.6. The Morgan fingerprint density at radius 2 is 1.12 bits per heavy atom. The number of aliphatic hydroxyl groups excluding tert-OH is 3. The minimum absolute atomic E-state index is 0.278. The number of nitrogens with two attached hydrogens (primary N) is 2. The van der Waals surface area contributed by atoms with Crippen LogP contribution in [0.2, 0.25) is 0 Å². The molecule has 0 rings (SSSR count). The summed E-state index contributed by atoms with van der Waals surface area (Å²) >= 11 is 0. The van der Waals surface area contributed by atoms with Crippen molar-refractivity contribution in [3.8, 4) is 0 Å². The van der Waals surface area contributed by atoms with E-state index in [0.29, 0.717) is 0 Å². The Morgan fingerprint density at radius 1 is 0.938 bits per heavy atom. The van der Waals surface area contributed by atoms with Gasteiger partial charge in [-0.3, -0.25) is 9.59 Å². The lowest BCUT2D eigenvalue weighted by molar-refractivity contribution is -0.136. The van der Waals surface area contributed by atoms with Gasteiger partial charge in [-0.1, -0.05) is 0 Å². The van der Waals surface area contributed by atoms with Gasteiger partial charge < -0.3 is 37.0 Å². The third kappa shape index (κ3) is 38.7. The molecule has 0 bridgehead atoms. The maximum Gasteiger partial charge on any atom is 0.317 e. The van der Waals surface area contributed by atoms with Crippen molar-refractivity contribution in [2.24, 2.45) is 11.5 Å². The maximum atomic E-state index is 9.24. The maximum absolute atomic E-state index is 9.24. The van der Waals surface area contributed by atoms with E-state index in [9.17, 15) is 9.59 Å². The Balaban J connectivity index is -0.000000160. The van der Waals surface area contributed by atoms with Crippen molar-refractivity contribution >= 4 is 11.9 Å². The molecule has 0 saturated heterocycles. The minimum atomic E-state index is -0.968. The molecular formula is C7H18N2O7. The summed E-state index contributed by atoms with van der Waals surface area (Å²) in [5.41, 5.74) is 9.14. The van der Waals surface area contributed by atoms with E-state index < -0.39 is 18.0 Å². The van der Waals surface area contributed by atoms with Gasteiger partial charge in [-0.15, -0.1) is 0 Å². The molecule has 0 atom stereocenters. The second-order valence-corrected chi connectivity index (χ2v) is 2.21. The molecule has 0 aliphatic carbocycles. The normalized spacial score (nSPS) is 8.38. The highest BCUT2D eigenvalue weighted by Crippen LogP contribution is 1.71. The second kappa shape index (κ2) is 16.2. The van der Waals surface area contributed by atoms with Crippen molar-refractivity contribution in [2.45, 2.75) is 6.10 Å². The summed E-state index contributed by atoms with van der Waals surface area (Å²) in [4.78, 5) is 18.5. The highest BCUT2D eigenvalue weighted by molar-refractivity contribution is 5.68. The van der Waals surface area contributed by atoms with Gasteiger partial charge in [0.05, 0.1) is 26.3 Å². The number of hydrogen-bond donors (Lipinski definition) is 7. The summed E-state index contributed by atoms with van der Waals surface area (Å²) in [7, 11) is 0. The summed E-state index contributed by atoms with van der Waals surface area (Å²) < 4.78 is 0. The molecule has 0 amide bonds. The molecule has 0 heterocycles. The molecule has 0 aliphatic heterocycles. The third-order valence-electron chi connectivity index (χ3n) is 0.771. The van der Waals surface area contributed by atoms with Gasteiger partial charge in [0.25, 0.3) is 0 Å². The Hall–Kier alpha value is -1.26. The van der Waals surface area contributed by atoms with Gasteiger partial charge in [0.2, 0.25) is 0 Å². The summed E-state index contributed by atoms with van der Waals surface area (Å²) in [5.74, 6) is -1.94. The second-order valence-electron chi connectivity index (χ2n) is 2.21. The summed E-state index contributed by atoms with van der Waals surface area (Å²) in [6.07, 6.45) is -0.954. The Kier molecular flexibility index (Phi) is 20.4. The first kappa shape index (κ1) is 20.2. The molecular weight excluding hydrogens is 224 g/mol. The van der Waals surface area contributed by atoms with Crippen LogP contribution >= 0.6 is 0 Å². The molecule has 0 aromatic carbocycles. The summed E-state index contributed by atoms with van der Waals surface area (Å²) in [5, 5.41) is 39.2. The fourth-order valence-electron chi connectivity index (χ4n) is 0.0577. The summed E-state index contributed by atoms with van der Waals surface area (Å²) in [6, 6.07) is 0. The van der Waals surface area contributed by atoms with Crippen molar-refractivity contribution in [3.05, 3.63) is 0 Å². The van der Waals surface area contributed by atoms with E-state index in [-0.39, 0.29) is 26.3 Å². The van der Waals surface area contributed by atoms with Crippen LogP contribution in [-0.4, -0.2) is 69.9 Å². The topological polar surface area (TPSA) is 187 Å². The van der Waals surface area contributed by atoms with Gasteiger partial charge in [0.1, 0.15) is 6.10 Å². The lowest BCUT2D eigenvalue weighted by Gasteiger charge is -1.96. The van der Waals surface area contributed by atoms with E-state index in [1.807, 2.05) is 0 Å². The van der Waals surface area contributed by atoms with Crippen LogP contribution in [0, 0.1) is 0 Å². The first-order chi connectivity index (χ1) is 7.35. The Bertz CT molecular complexity index is 158. The quantitative estimate of drug-likeness (QED) is 0.261. The van der Waals surface area contributed by atoms with Crippen molar-refractivity contribution in [1.82, 2.24) is 0 Å². The minimum Gasteiger partial charge on any atom is -0.480 e. The van der Waals surface area contributed by atoms with Crippen LogP contribution in [0.15, 0.2) is 0 Å². The SMILES string of the molecule is NCC(=O)O.NCC(=O)O.OCC(O)CO. The van der Waals surface area contributed by atoms with E-state index in [0.717, 1.165) is 0 Å². The van der Waals surface area contributed by atoms with Gasteiger partial charge in [0, 0.05) is 0 Å². The number of rotatable bonds is 4. The highest BCUT2D eigenvalue weighted by atomic mass is 16.4. The molecule has 0 aliphatic rings. The predicted molar refractivity (Wildman–Crippen MR) is 53.6 cm³/mol. The molecule has 0 saturated carbocycles. The van der Waals surface area contributed by atoms with Crippen LogP contribution < -0.4 is 11.5 Å². The smallest absolute Gasteiger partial charge is 0.317 e. The molecule has 0 unspecified atom stereocenters. The first-order valence-electron chi connectivity index (χ1n) is 4.09. The molecule has 0 aromatic heterocycles. The number of hydrogen-bond acceptors (Lipinski definition) is 7. The fraction of sp³-hybridized carbons (Fsp3) is 0.714. The van der Waals surface area contributed by atoms with Crippen LogP contribution in [0.4, 0.5) is 0 Å². The molecule has 0 aromatic rings. The van der Waals surface area contributed by atoms with Crippen molar-refractivity contribution < 1.29 is 35.1 Å². The third-order valence-corrected chi connectivity index (χ3v) is 0.771. The van der Waals surface area contributed by atoms with Crippen molar-refractivity contribution in [1.29, 1.82) is 0 Å². The van der Waals surface area contributed by atoms with Gasteiger partial charge in [-0.25, -0.2) is 0 Å². The zero-order valence-electron chi connectivity index (χ0n) is 8.61. The van der Waals surface area contributed by atoms with E-state index in [1.165, 1.54) is 0 Å². The highest BCUT2D eigenvalue weighted by Gasteiger charge is 1.93. The number of aliphatic carboxylic acids is 2. The van der Waals surface area contributed by atoms with Crippen LogP contribution in [0.3, 0.4) is 0 Å². The van der Waals surface area contributed by atoms with Crippen molar-refractivity contribution in [2.75, 3.05) is 26.3 Å². The van der Waals surface area contributed by atoms with Crippen LogP contribution in [0.5, 0.6) is 0 Å². The van der Waals surface area contributed by atoms with Gasteiger partial charge in [-0.2, -0.15) is 0 Å². The van der Waals surface area contributed by atoms with Gasteiger partial charge in [0.15, 0.2) is 0 Å². The summed E-state index contributed by atoms with van der Waals surface area (Å²) in [6.45, 7) is -1.28. The molecule has 0 spiro atoms. The van der Waals surface area contributed by atoms with Crippen LogP contribution in [0.1, 0.15) is 0 Å². The zero-order valence-corrected chi connectivity index (χ0v) is 8.61. The molecule has 0 radical (unpaired) electrons. The molecule has 9 nitrogen and oxygen atoms in total. The predicted octanol–water partition coefficient (Wildman–Crippen LogP) is -3.61. The van der Waals surface area contributed by atoms with Crippen molar-refractivity contribution in [3.63, 3.8) is 0 Å². The standard InChI is InChI=1S/C3H8O3.2C2H5NO2/c4-1-3(6)2-5;2*3-1-2(4)5/h3-6H,1-2H2;2*1,3H2,(H,4,5). The largest absolute Gasteiger partial charge is 0.480 e. The number of aliphatic hydroxyl groups is 3. The first-order valence-corrected chi connectivity index (χ1v) is 4.09. The average Bonchev–Trinajstić information content (AvgIpc) is 2.29.